The van der Waals surface area contributed by atoms with E-state index in [1.165, 1.54) is 0 Å². The number of hydrogen-bond donors (Lipinski definition) is 2. The molecule has 0 N–H and O–H groups in total. The molecule has 0 aromatic heterocycles. The maximum Gasteiger partial charge on any atom is 0.0466 e. The predicted octanol–water partition coefficient (Wildman–Crippen LogP) is 2.42. The molecule has 0 aliphatic heterocycles. The summed E-state index contributed by atoms with van der Waals surface area (Å²) in [6.45, 7) is 1.79. The van der Waals surface area contributed by atoms with Crippen molar-refractivity contribution < 1.29 is 4.74 Å². The molecule has 1 nitrogen and oxygen atoms in total. The Kier molecular flexibility index (Phi) is 11.3. The zero-order chi connectivity index (χ0) is 8.36. The summed E-state index contributed by atoms with van der Waals surface area (Å²) >= 11 is 8.23. The van der Waals surface area contributed by atoms with Gasteiger partial charge in [0.1, 0.15) is 0 Å². The van der Waals surface area contributed by atoms with Gasteiger partial charge in [-0.25, -0.2) is 0 Å². The van der Waals surface area contributed by atoms with E-state index in [1.54, 1.807) is 0 Å². The van der Waals surface area contributed by atoms with Crippen LogP contribution in [0.4, 0.5) is 0 Å². The van der Waals surface area contributed by atoms with E-state index in [1.807, 2.05) is 0 Å². The Hall–Kier alpha value is 0.660. The Balaban J connectivity index is 2.69. The second kappa shape index (κ2) is 10.7. The van der Waals surface area contributed by atoms with E-state index in [0.717, 1.165) is 50.4 Å². The van der Waals surface area contributed by atoms with Crippen molar-refractivity contribution in [3.8, 4) is 0 Å². The summed E-state index contributed by atoms with van der Waals surface area (Å²) in [5.41, 5.74) is 0. The lowest BCUT2D eigenvalue weighted by Gasteiger charge is -2.01. The molecule has 0 saturated heterocycles. The Morgan fingerprint density at radius 3 is 1.55 bits per heavy atom. The highest BCUT2D eigenvalue weighted by atomic mass is 32.1. The molecule has 0 aliphatic carbocycles. The van der Waals surface area contributed by atoms with Gasteiger partial charge in [0.05, 0.1) is 0 Å². The molecule has 0 saturated carbocycles. The molecule has 3 heteroatoms. The maximum absolute atomic E-state index is 5.37. The van der Waals surface area contributed by atoms with Crippen molar-refractivity contribution >= 4 is 25.3 Å². The fourth-order valence-corrected chi connectivity index (χ4v) is 1.18. The monoisotopic (exact) mass is 194 g/mol. The molecular weight excluding hydrogens is 176 g/mol. The summed E-state index contributed by atoms with van der Waals surface area (Å²) in [7, 11) is 0. The molecule has 0 aromatic carbocycles. The van der Waals surface area contributed by atoms with Gasteiger partial charge >= 0.3 is 0 Å². The summed E-state index contributed by atoms with van der Waals surface area (Å²) in [4.78, 5) is 0. The summed E-state index contributed by atoms with van der Waals surface area (Å²) in [6, 6.07) is 0. The van der Waals surface area contributed by atoms with Gasteiger partial charge in [0.15, 0.2) is 0 Å². The largest absolute Gasteiger partial charge is 0.381 e. The minimum absolute atomic E-state index is 0.896. The Morgan fingerprint density at radius 2 is 1.18 bits per heavy atom. The molecule has 0 rings (SSSR count). The van der Waals surface area contributed by atoms with Crippen LogP contribution in [0.3, 0.4) is 0 Å². The molecule has 0 radical (unpaired) electrons. The van der Waals surface area contributed by atoms with E-state index in [-0.39, 0.29) is 0 Å². The highest BCUT2D eigenvalue weighted by molar-refractivity contribution is 7.80. The van der Waals surface area contributed by atoms with Crippen molar-refractivity contribution in [3.05, 3.63) is 0 Å². The third kappa shape index (κ3) is 10.7. The zero-order valence-corrected chi connectivity index (χ0v) is 8.75. The van der Waals surface area contributed by atoms with Crippen molar-refractivity contribution in [2.45, 2.75) is 25.7 Å². The van der Waals surface area contributed by atoms with Crippen molar-refractivity contribution in [3.63, 3.8) is 0 Å². The fourth-order valence-electron chi connectivity index (χ4n) is 0.734. The Bertz CT molecular complexity index is 61.1. The molecule has 0 atom stereocenters. The van der Waals surface area contributed by atoms with Gasteiger partial charge in [-0.1, -0.05) is 0 Å². The lowest BCUT2D eigenvalue weighted by molar-refractivity contribution is 0.129. The van der Waals surface area contributed by atoms with Crippen LogP contribution in [0.1, 0.15) is 25.7 Å². The van der Waals surface area contributed by atoms with Crippen LogP contribution in [0, 0.1) is 0 Å². The van der Waals surface area contributed by atoms with Crippen LogP contribution in [0.15, 0.2) is 0 Å². The van der Waals surface area contributed by atoms with Crippen LogP contribution in [-0.4, -0.2) is 24.7 Å². The lowest BCUT2D eigenvalue weighted by Crippen LogP contribution is -1.97. The lowest BCUT2D eigenvalue weighted by atomic mass is 10.3. The van der Waals surface area contributed by atoms with Crippen molar-refractivity contribution in [1.29, 1.82) is 0 Å². The minimum atomic E-state index is 0.896. The van der Waals surface area contributed by atoms with Crippen molar-refractivity contribution in [2.24, 2.45) is 0 Å². The highest BCUT2D eigenvalue weighted by Crippen LogP contribution is 1.95. The van der Waals surface area contributed by atoms with Gasteiger partial charge < -0.3 is 4.74 Å². The normalized spacial score (nSPS) is 10.4. The van der Waals surface area contributed by atoms with Gasteiger partial charge in [0.2, 0.25) is 0 Å². The van der Waals surface area contributed by atoms with Gasteiger partial charge in [-0.3, -0.25) is 0 Å². The molecule has 0 amide bonds. The first-order chi connectivity index (χ1) is 5.41. The van der Waals surface area contributed by atoms with Gasteiger partial charge in [0, 0.05) is 13.2 Å². The summed E-state index contributed by atoms with van der Waals surface area (Å²) in [5.74, 6) is 1.94. The van der Waals surface area contributed by atoms with E-state index in [2.05, 4.69) is 25.3 Å². The molecule has 0 bridgehead atoms. The number of unbranched alkanes of at least 4 members (excludes halogenated alkanes) is 2. The summed E-state index contributed by atoms with van der Waals surface area (Å²) in [6.07, 6.45) is 4.61. The first kappa shape index (κ1) is 11.7. The molecule has 0 aromatic rings. The quantitative estimate of drug-likeness (QED) is 0.446. The average Bonchev–Trinajstić information content (AvgIpc) is 2.03. The van der Waals surface area contributed by atoms with Gasteiger partial charge in [-0.15, -0.1) is 0 Å². The minimum Gasteiger partial charge on any atom is -0.381 e. The van der Waals surface area contributed by atoms with E-state index in [0.29, 0.717) is 0 Å². The average molecular weight is 194 g/mol. The number of ether oxygens (including phenoxy) is 1. The van der Waals surface area contributed by atoms with E-state index < -0.39 is 0 Å². The zero-order valence-electron chi connectivity index (χ0n) is 6.96. The van der Waals surface area contributed by atoms with Crippen molar-refractivity contribution in [1.82, 2.24) is 0 Å². The van der Waals surface area contributed by atoms with Crippen LogP contribution in [0.5, 0.6) is 0 Å². The van der Waals surface area contributed by atoms with Crippen LogP contribution < -0.4 is 0 Å². The molecule has 11 heavy (non-hydrogen) atoms. The SMILES string of the molecule is SCCCCOCCCCS. The fraction of sp³-hybridized carbons (Fsp3) is 1.00. The second-order valence-corrected chi connectivity index (χ2v) is 3.37. The van der Waals surface area contributed by atoms with Crippen LogP contribution in [0.25, 0.3) is 0 Å². The summed E-state index contributed by atoms with van der Waals surface area (Å²) < 4.78 is 5.37. The van der Waals surface area contributed by atoms with Crippen LogP contribution in [0.2, 0.25) is 0 Å². The van der Waals surface area contributed by atoms with Crippen LogP contribution >= 0.6 is 25.3 Å². The second-order valence-electron chi connectivity index (χ2n) is 2.47. The van der Waals surface area contributed by atoms with Gasteiger partial charge in [-0.05, 0) is 37.2 Å². The number of thiol groups is 2. The van der Waals surface area contributed by atoms with Crippen LogP contribution in [-0.2, 0) is 4.74 Å². The predicted molar refractivity (Wildman–Crippen MR) is 57.0 cm³/mol. The smallest absolute Gasteiger partial charge is 0.0466 e. The maximum atomic E-state index is 5.37. The molecule has 0 aliphatic rings. The van der Waals surface area contributed by atoms with Crippen molar-refractivity contribution in [2.75, 3.05) is 24.7 Å². The van der Waals surface area contributed by atoms with E-state index in [4.69, 9.17) is 4.74 Å². The van der Waals surface area contributed by atoms with Gasteiger partial charge in [-0.2, -0.15) is 25.3 Å². The van der Waals surface area contributed by atoms with Gasteiger partial charge in [0.25, 0.3) is 0 Å². The number of hydrogen-bond acceptors (Lipinski definition) is 3. The Labute approximate surface area is 80.7 Å². The van der Waals surface area contributed by atoms with E-state index in [9.17, 15) is 0 Å². The summed E-state index contributed by atoms with van der Waals surface area (Å²) in [5, 5.41) is 0. The highest BCUT2D eigenvalue weighted by Gasteiger charge is 1.88. The third-order valence-corrected chi connectivity index (χ3v) is 2.03. The first-order valence-electron chi connectivity index (χ1n) is 4.21. The standard InChI is InChI=1S/C8H18OS2/c10-7-3-1-5-9-6-2-4-8-11/h10-11H,1-8H2. The molecule has 0 heterocycles. The molecule has 0 unspecified atom stereocenters. The van der Waals surface area contributed by atoms with E-state index >= 15 is 0 Å². The molecule has 0 spiro atoms. The Morgan fingerprint density at radius 1 is 0.727 bits per heavy atom. The molecule has 0 fully saturated rings. The third-order valence-electron chi connectivity index (χ3n) is 1.39. The topological polar surface area (TPSA) is 9.23 Å². The molecule has 68 valence electrons. The number of rotatable bonds is 8. The molecular formula is C8H18OS2. The first-order valence-corrected chi connectivity index (χ1v) is 5.47.